The molecule has 0 spiro atoms. The molecule has 1 amide bonds. The number of carbonyl (C=O) groups excluding carboxylic acids is 1. The SMILES string of the molecule is CNCCC1CCCCN1CC(=O)N(C)Cc1ccsc1. The lowest BCUT2D eigenvalue weighted by Gasteiger charge is -2.36. The largest absolute Gasteiger partial charge is 0.340 e. The number of piperidine rings is 1. The van der Waals surface area contributed by atoms with E-state index < -0.39 is 0 Å². The maximum Gasteiger partial charge on any atom is 0.236 e. The van der Waals surface area contributed by atoms with E-state index in [1.807, 2.05) is 19.0 Å². The van der Waals surface area contributed by atoms with Gasteiger partial charge in [0.2, 0.25) is 5.91 Å². The molecule has 1 unspecified atom stereocenters. The summed E-state index contributed by atoms with van der Waals surface area (Å²) in [6, 6.07) is 2.65. The van der Waals surface area contributed by atoms with Crippen LogP contribution >= 0.6 is 11.3 Å². The summed E-state index contributed by atoms with van der Waals surface area (Å²) in [5, 5.41) is 7.39. The minimum Gasteiger partial charge on any atom is -0.340 e. The highest BCUT2D eigenvalue weighted by Crippen LogP contribution is 2.19. The number of likely N-dealkylation sites (N-methyl/N-ethyl adjacent to an activating group) is 1. The molecule has 0 bridgehead atoms. The van der Waals surface area contributed by atoms with Gasteiger partial charge in [-0.25, -0.2) is 0 Å². The highest BCUT2D eigenvalue weighted by molar-refractivity contribution is 7.07. The number of carbonyl (C=O) groups is 1. The van der Waals surface area contributed by atoms with Crippen molar-refractivity contribution >= 4 is 17.2 Å². The molecule has 1 atom stereocenters. The smallest absolute Gasteiger partial charge is 0.236 e. The molecule has 1 aromatic heterocycles. The monoisotopic (exact) mass is 309 g/mol. The van der Waals surface area contributed by atoms with E-state index in [1.165, 1.54) is 24.8 Å². The number of nitrogens with one attached hydrogen (secondary N) is 1. The Morgan fingerprint density at radius 3 is 3.10 bits per heavy atom. The van der Waals surface area contributed by atoms with Gasteiger partial charge in [0.15, 0.2) is 0 Å². The van der Waals surface area contributed by atoms with Crippen molar-refractivity contribution in [1.29, 1.82) is 0 Å². The molecule has 4 nitrogen and oxygen atoms in total. The van der Waals surface area contributed by atoms with E-state index in [2.05, 4.69) is 27.0 Å². The quantitative estimate of drug-likeness (QED) is 0.838. The average molecular weight is 309 g/mol. The predicted molar refractivity (Wildman–Crippen MR) is 88.5 cm³/mol. The second-order valence-electron chi connectivity index (χ2n) is 5.89. The lowest BCUT2D eigenvalue weighted by Crippen LogP contribution is -2.46. The first kappa shape index (κ1) is 16.5. The predicted octanol–water partition coefficient (Wildman–Crippen LogP) is 2.17. The number of rotatable bonds is 7. The van der Waals surface area contributed by atoms with E-state index in [-0.39, 0.29) is 5.91 Å². The zero-order valence-corrected chi connectivity index (χ0v) is 14.0. The van der Waals surface area contributed by atoms with E-state index in [9.17, 15) is 4.79 Å². The van der Waals surface area contributed by atoms with E-state index >= 15 is 0 Å². The molecule has 2 heterocycles. The van der Waals surface area contributed by atoms with Crippen LogP contribution in [0.1, 0.15) is 31.2 Å². The normalized spacial score (nSPS) is 19.6. The molecule has 1 aliphatic heterocycles. The summed E-state index contributed by atoms with van der Waals surface area (Å²) in [6.45, 7) is 3.37. The third-order valence-corrected chi connectivity index (χ3v) is 4.97. The summed E-state index contributed by atoms with van der Waals surface area (Å²) in [7, 11) is 3.90. The van der Waals surface area contributed by atoms with Gasteiger partial charge in [0.25, 0.3) is 0 Å². The van der Waals surface area contributed by atoms with Crippen molar-refractivity contribution in [3.63, 3.8) is 0 Å². The van der Waals surface area contributed by atoms with Crippen LogP contribution in [0.2, 0.25) is 0 Å². The molecule has 1 N–H and O–H groups in total. The number of thiophene rings is 1. The average Bonchev–Trinajstić information content (AvgIpc) is 2.99. The molecule has 0 aromatic carbocycles. The summed E-state index contributed by atoms with van der Waals surface area (Å²) in [5.74, 6) is 0.234. The molecule has 1 aliphatic rings. The number of hydrogen-bond donors (Lipinski definition) is 1. The first-order valence-electron chi connectivity index (χ1n) is 7.84. The van der Waals surface area contributed by atoms with Crippen LogP contribution in [-0.2, 0) is 11.3 Å². The van der Waals surface area contributed by atoms with E-state index in [1.54, 1.807) is 11.3 Å². The highest BCUT2D eigenvalue weighted by atomic mass is 32.1. The Morgan fingerprint density at radius 2 is 2.38 bits per heavy atom. The zero-order chi connectivity index (χ0) is 15.1. The Hall–Kier alpha value is -0.910. The fourth-order valence-corrected chi connectivity index (χ4v) is 3.60. The van der Waals surface area contributed by atoms with E-state index in [0.717, 1.165) is 26.1 Å². The van der Waals surface area contributed by atoms with Crippen LogP contribution in [0.3, 0.4) is 0 Å². The maximum absolute atomic E-state index is 12.4. The zero-order valence-electron chi connectivity index (χ0n) is 13.2. The van der Waals surface area contributed by atoms with Crippen molar-refractivity contribution in [2.75, 3.05) is 33.7 Å². The molecule has 0 saturated carbocycles. The number of hydrogen-bond acceptors (Lipinski definition) is 4. The van der Waals surface area contributed by atoms with Gasteiger partial charge < -0.3 is 10.2 Å². The molecule has 21 heavy (non-hydrogen) atoms. The van der Waals surface area contributed by atoms with Crippen molar-refractivity contribution in [2.24, 2.45) is 0 Å². The Labute approximate surface area is 132 Å². The van der Waals surface area contributed by atoms with Crippen LogP contribution in [0, 0.1) is 0 Å². The molecule has 1 saturated heterocycles. The molecule has 118 valence electrons. The molecule has 0 aliphatic carbocycles. The van der Waals surface area contributed by atoms with Gasteiger partial charge in [-0.2, -0.15) is 11.3 Å². The van der Waals surface area contributed by atoms with Crippen LogP contribution in [0.4, 0.5) is 0 Å². The van der Waals surface area contributed by atoms with Gasteiger partial charge in [0.05, 0.1) is 6.54 Å². The van der Waals surface area contributed by atoms with Crippen LogP contribution in [0.15, 0.2) is 16.8 Å². The van der Waals surface area contributed by atoms with Gasteiger partial charge in [-0.1, -0.05) is 6.42 Å². The summed E-state index contributed by atoms with van der Waals surface area (Å²) in [4.78, 5) is 16.7. The van der Waals surface area contributed by atoms with Gasteiger partial charge in [0.1, 0.15) is 0 Å². The Bertz CT molecular complexity index is 421. The minimum absolute atomic E-state index is 0.234. The maximum atomic E-state index is 12.4. The number of amides is 1. The van der Waals surface area contributed by atoms with Crippen LogP contribution in [-0.4, -0.2) is 55.5 Å². The summed E-state index contributed by atoms with van der Waals surface area (Å²) < 4.78 is 0. The second-order valence-corrected chi connectivity index (χ2v) is 6.67. The second kappa shape index (κ2) is 8.51. The molecule has 2 rings (SSSR count). The molecule has 0 radical (unpaired) electrons. The van der Waals surface area contributed by atoms with Crippen molar-refractivity contribution < 1.29 is 4.79 Å². The van der Waals surface area contributed by atoms with Gasteiger partial charge in [0, 0.05) is 19.6 Å². The standard InChI is InChI=1S/C16H27N3OS/c1-17-8-6-15-5-3-4-9-19(15)12-16(20)18(2)11-14-7-10-21-13-14/h7,10,13,15,17H,3-6,8-9,11-12H2,1-2H3. The van der Waals surface area contributed by atoms with Crippen LogP contribution in [0.5, 0.6) is 0 Å². The molecule has 1 fully saturated rings. The molecule has 5 heteroatoms. The van der Waals surface area contributed by atoms with E-state index in [0.29, 0.717) is 12.6 Å². The van der Waals surface area contributed by atoms with Gasteiger partial charge in [-0.05, 0) is 61.8 Å². The molecule has 1 aromatic rings. The summed E-state index contributed by atoms with van der Waals surface area (Å²) >= 11 is 1.68. The van der Waals surface area contributed by atoms with Crippen molar-refractivity contribution in [3.05, 3.63) is 22.4 Å². The highest BCUT2D eigenvalue weighted by Gasteiger charge is 2.24. The topological polar surface area (TPSA) is 35.6 Å². The lowest BCUT2D eigenvalue weighted by molar-refractivity contribution is -0.132. The Morgan fingerprint density at radius 1 is 1.52 bits per heavy atom. The molecular weight excluding hydrogens is 282 g/mol. The van der Waals surface area contributed by atoms with Gasteiger partial charge in [-0.15, -0.1) is 0 Å². The number of nitrogens with zero attached hydrogens (tertiary/aromatic N) is 2. The first-order chi connectivity index (χ1) is 10.2. The fourth-order valence-electron chi connectivity index (χ4n) is 2.95. The van der Waals surface area contributed by atoms with Crippen LogP contribution in [0.25, 0.3) is 0 Å². The third-order valence-electron chi connectivity index (χ3n) is 4.24. The first-order valence-corrected chi connectivity index (χ1v) is 8.78. The third kappa shape index (κ3) is 5.09. The fraction of sp³-hybridized carbons (Fsp3) is 0.688. The summed E-state index contributed by atoms with van der Waals surface area (Å²) in [5.41, 5.74) is 1.22. The Kier molecular flexibility index (Phi) is 6.67. The number of likely N-dealkylation sites (tertiary alicyclic amines) is 1. The summed E-state index contributed by atoms with van der Waals surface area (Å²) in [6.07, 6.45) is 4.88. The van der Waals surface area contributed by atoms with Gasteiger partial charge >= 0.3 is 0 Å². The Balaban J connectivity index is 1.84. The van der Waals surface area contributed by atoms with Crippen molar-refractivity contribution in [3.8, 4) is 0 Å². The lowest BCUT2D eigenvalue weighted by atomic mass is 9.99. The van der Waals surface area contributed by atoms with Crippen LogP contribution < -0.4 is 5.32 Å². The van der Waals surface area contributed by atoms with Crippen molar-refractivity contribution in [2.45, 2.75) is 38.3 Å². The van der Waals surface area contributed by atoms with E-state index in [4.69, 9.17) is 0 Å². The minimum atomic E-state index is 0.234. The van der Waals surface area contributed by atoms with Gasteiger partial charge in [-0.3, -0.25) is 9.69 Å². The molecular formula is C16H27N3OS. The van der Waals surface area contributed by atoms with Crippen molar-refractivity contribution in [1.82, 2.24) is 15.1 Å².